The third kappa shape index (κ3) is 3.39. The second-order valence-electron chi connectivity index (χ2n) is 8.08. The van der Waals surface area contributed by atoms with Crippen LogP contribution in [0.5, 0.6) is 5.75 Å². The number of phenolic OH excluding ortho intramolecular Hbond substituents is 1. The van der Waals surface area contributed by atoms with E-state index in [0.717, 1.165) is 18.7 Å². The lowest BCUT2D eigenvalue weighted by Gasteiger charge is -2.24. The molecule has 2 fully saturated rings. The van der Waals surface area contributed by atoms with Gasteiger partial charge in [-0.25, -0.2) is 0 Å². The molecule has 5 rings (SSSR count). The number of amides is 1. The molecule has 7 nitrogen and oxygen atoms in total. The van der Waals surface area contributed by atoms with Gasteiger partial charge in [0.05, 0.1) is 17.6 Å². The Morgan fingerprint density at radius 2 is 2.07 bits per heavy atom. The summed E-state index contributed by atoms with van der Waals surface area (Å²) in [6.45, 7) is 2.00. The Morgan fingerprint density at radius 1 is 1.30 bits per heavy atom. The Hall–Kier alpha value is -2.74. The zero-order valence-corrected chi connectivity index (χ0v) is 17.0. The molecule has 1 aromatic carbocycles. The predicted octanol–water partition coefficient (Wildman–Crippen LogP) is 2.08. The Labute approximate surface area is 178 Å². The van der Waals surface area contributed by atoms with Gasteiger partial charge in [-0.1, -0.05) is 17.7 Å². The molecule has 3 unspecified atom stereocenters. The van der Waals surface area contributed by atoms with Crippen LogP contribution in [-0.2, 0) is 4.79 Å². The number of rotatable bonds is 5. The largest absolute Gasteiger partial charge is 0.505 e. The van der Waals surface area contributed by atoms with Crippen molar-refractivity contribution in [3.8, 4) is 5.75 Å². The summed E-state index contributed by atoms with van der Waals surface area (Å²) >= 11 is 6.47. The summed E-state index contributed by atoms with van der Waals surface area (Å²) in [5, 5.41) is 15.1. The van der Waals surface area contributed by atoms with Crippen LogP contribution in [0.1, 0.15) is 17.2 Å². The molecule has 3 aromatic rings. The van der Waals surface area contributed by atoms with Gasteiger partial charge < -0.3 is 16.2 Å². The molecule has 30 heavy (non-hydrogen) atoms. The number of aromatic nitrogens is 2. The van der Waals surface area contributed by atoms with E-state index in [4.69, 9.17) is 17.3 Å². The molecule has 0 spiro atoms. The quantitative estimate of drug-likeness (QED) is 0.580. The van der Waals surface area contributed by atoms with E-state index < -0.39 is 6.04 Å². The zero-order chi connectivity index (χ0) is 20.8. The first kappa shape index (κ1) is 19.2. The molecule has 1 aliphatic carbocycles. The van der Waals surface area contributed by atoms with E-state index in [-0.39, 0.29) is 24.2 Å². The van der Waals surface area contributed by atoms with Crippen LogP contribution in [-0.4, -0.2) is 51.6 Å². The van der Waals surface area contributed by atoms with Crippen molar-refractivity contribution in [3.05, 3.63) is 65.1 Å². The summed E-state index contributed by atoms with van der Waals surface area (Å²) in [6, 6.07) is 8.59. The number of fused-ring (bicyclic) bond motifs is 2. The molecule has 4 N–H and O–H groups in total. The molecule has 1 amide bonds. The Morgan fingerprint density at radius 3 is 2.80 bits per heavy atom. The van der Waals surface area contributed by atoms with Crippen molar-refractivity contribution in [1.82, 2.24) is 20.2 Å². The Kier molecular flexibility index (Phi) is 4.81. The van der Waals surface area contributed by atoms with E-state index in [9.17, 15) is 9.90 Å². The lowest BCUT2D eigenvalue weighted by atomic mass is 9.97. The third-order valence-corrected chi connectivity index (χ3v) is 6.49. The van der Waals surface area contributed by atoms with Crippen LogP contribution in [0.3, 0.4) is 0 Å². The number of hydrogen-bond donors (Lipinski definition) is 3. The fourth-order valence-electron chi connectivity index (χ4n) is 4.51. The minimum absolute atomic E-state index is 0.00227. The van der Waals surface area contributed by atoms with Crippen LogP contribution in [0, 0.1) is 11.8 Å². The smallest absolute Gasteiger partial charge is 0.234 e. The number of nitrogens with two attached hydrogens (primary N) is 1. The summed E-state index contributed by atoms with van der Waals surface area (Å²) in [4.78, 5) is 23.5. The van der Waals surface area contributed by atoms with Gasteiger partial charge >= 0.3 is 0 Å². The molecule has 2 aromatic heterocycles. The number of halogens is 1. The number of pyridine rings is 2. The number of phenols is 1. The normalized spacial score (nSPS) is 23.9. The molecule has 154 valence electrons. The van der Waals surface area contributed by atoms with E-state index >= 15 is 0 Å². The number of likely N-dealkylation sites (tertiary alicyclic amines) is 1. The predicted molar refractivity (Wildman–Crippen MR) is 114 cm³/mol. The van der Waals surface area contributed by atoms with Crippen LogP contribution < -0.4 is 11.1 Å². The van der Waals surface area contributed by atoms with Crippen molar-refractivity contribution in [2.75, 3.05) is 19.6 Å². The van der Waals surface area contributed by atoms with E-state index in [1.54, 1.807) is 42.9 Å². The van der Waals surface area contributed by atoms with Crippen molar-refractivity contribution in [1.29, 1.82) is 0 Å². The van der Waals surface area contributed by atoms with Crippen molar-refractivity contribution in [2.45, 2.75) is 12.1 Å². The van der Waals surface area contributed by atoms with Gasteiger partial charge in [0.25, 0.3) is 0 Å². The average molecular weight is 424 g/mol. The number of carbonyl (C=O) groups is 1. The highest BCUT2D eigenvalue weighted by atomic mass is 35.5. The first-order valence-corrected chi connectivity index (χ1v) is 10.3. The fourth-order valence-corrected chi connectivity index (χ4v) is 4.78. The molecule has 0 radical (unpaired) electrons. The number of carbonyl (C=O) groups excluding carboxylic acids is 1. The molecule has 3 atom stereocenters. The maximum Gasteiger partial charge on any atom is 0.234 e. The molecule has 0 bridgehead atoms. The van der Waals surface area contributed by atoms with Gasteiger partial charge in [0.2, 0.25) is 5.91 Å². The third-order valence-electron chi connectivity index (χ3n) is 6.18. The van der Waals surface area contributed by atoms with E-state index in [1.165, 1.54) is 0 Å². The molecule has 3 heterocycles. The number of hydrogen-bond acceptors (Lipinski definition) is 6. The van der Waals surface area contributed by atoms with Crippen molar-refractivity contribution >= 4 is 28.4 Å². The number of nitrogens with zero attached hydrogens (tertiary/aromatic N) is 3. The van der Waals surface area contributed by atoms with Crippen molar-refractivity contribution in [3.63, 3.8) is 0 Å². The van der Waals surface area contributed by atoms with Crippen LogP contribution >= 0.6 is 11.6 Å². The number of piperidine rings is 1. The summed E-state index contributed by atoms with van der Waals surface area (Å²) in [6.07, 6.45) is 4.94. The SMILES string of the molecule is NC1C2CN(CC(=O)NC(c3cccnc3)c3cc(Cl)c4cccnc4c3O)CC12. The number of benzene rings is 1. The van der Waals surface area contributed by atoms with Gasteiger partial charge in [-0.05, 0) is 41.7 Å². The second-order valence-corrected chi connectivity index (χ2v) is 8.49. The van der Waals surface area contributed by atoms with Crippen LogP contribution in [0.4, 0.5) is 0 Å². The van der Waals surface area contributed by atoms with E-state index in [1.807, 2.05) is 6.07 Å². The summed E-state index contributed by atoms with van der Waals surface area (Å²) in [5.74, 6) is 0.899. The van der Waals surface area contributed by atoms with Crippen molar-refractivity contribution in [2.24, 2.45) is 17.6 Å². The highest BCUT2D eigenvalue weighted by molar-refractivity contribution is 6.35. The second kappa shape index (κ2) is 7.50. The molecule has 1 saturated heterocycles. The summed E-state index contributed by atoms with van der Waals surface area (Å²) in [5.41, 5.74) is 7.63. The Balaban J connectivity index is 1.45. The first-order chi connectivity index (χ1) is 14.5. The average Bonchev–Trinajstić information content (AvgIpc) is 3.15. The topological polar surface area (TPSA) is 104 Å². The first-order valence-electron chi connectivity index (χ1n) is 9.96. The molecule has 2 aliphatic rings. The van der Waals surface area contributed by atoms with Gasteiger partial charge in [-0.2, -0.15) is 0 Å². The highest BCUT2D eigenvalue weighted by Gasteiger charge is 2.53. The van der Waals surface area contributed by atoms with Gasteiger partial charge in [-0.15, -0.1) is 0 Å². The molecule has 8 heteroatoms. The standard InChI is InChI=1S/C22H22ClN5O2/c23-17-7-14(22(30)21-13(17)4-2-6-26-21)20(12-3-1-5-25-8-12)27-18(29)11-28-9-15-16(10-28)19(15)24/h1-8,15-16,19-20,30H,9-11,24H2,(H,27,29). The van der Waals surface area contributed by atoms with Gasteiger partial charge in [0, 0.05) is 48.7 Å². The zero-order valence-electron chi connectivity index (χ0n) is 16.2. The number of nitrogens with one attached hydrogen (secondary N) is 1. The van der Waals surface area contributed by atoms with Crippen LogP contribution in [0.2, 0.25) is 5.02 Å². The minimum Gasteiger partial charge on any atom is -0.505 e. The van der Waals surface area contributed by atoms with Crippen LogP contribution in [0.15, 0.2) is 48.9 Å². The van der Waals surface area contributed by atoms with Crippen LogP contribution in [0.25, 0.3) is 10.9 Å². The van der Waals surface area contributed by atoms with Gasteiger partial charge in [0.1, 0.15) is 11.3 Å². The van der Waals surface area contributed by atoms with E-state index in [0.29, 0.717) is 33.3 Å². The maximum atomic E-state index is 12.9. The minimum atomic E-state index is -0.602. The summed E-state index contributed by atoms with van der Waals surface area (Å²) in [7, 11) is 0. The Bertz CT molecular complexity index is 1100. The molecular weight excluding hydrogens is 402 g/mol. The number of aromatic hydroxyl groups is 1. The molecule has 1 aliphatic heterocycles. The monoisotopic (exact) mass is 423 g/mol. The highest BCUT2D eigenvalue weighted by Crippen LogP contribution is 2.43. The van der Waals surface area contributed by atoms with Gasteiger partial charge in [0.15, 0.2) is 0 Å². The lowest BCUT2D eigenvalue weighted by molar-refractivity contribution is -0.122. The molecular formula is C22H22ClN5O2. The summed E-state index contributed by atoms with van der Waals surface area (Å²) < 4.78 is 0. The van der Waals surface area contributed by atoms with Crippen molar-refractivity contribution < 1.29 is 9.90 Å². The fraction of sp³-hybridized carbons (Fsp3) is 0.318. The van der Waals surface area contributed by atoms with Gasteiger partial charge in [-0.3, -0.25) is 19.7 Å². The lowest BCUT2D eigenvalue weighted by Crippen LogP contribution is -2.40. The maximum absolute atomic E-state index is 12.9. The molecule has 1 saturated carbocycles. The van der Waals surface area contributed by atoms with E-state index in [2.05, 4.69) is 20.2 Å².